The van der Waals surface area contributed by atoms with E-state index in [1.807, 2.05) is 13.1 Å². The highest BCUT2D eigenvalue weighted by Crippen LogP contribution is 2.48. The summed E-state index contributed by atoms with van der Waals surface area (Å²) in [6.45, 7) is 5.17. The normalized spacial score (nSPS) is 19.0. The summed E-state index contributed by atoms with van der Waals surface area (Å²) >= 11 is 5.33. The van der Waals surface area contributed by atoms with Crippen LogP contribution in [-0.2, 0) is 19.5 Å². The third-order valence-corrected chi connectivity index (χ3v) is 6.82. The van der Waals surface area contributed by atoms with Gasteiger partial charge in [-0.1, -0.05) is 0 Å². The van der Waals surface area contributed by atoms with Gasteiger partial charge in [0.1, 0.15) is 11.6 Å². The molecule has 9 nitrogen and oxygen atoms in total. The predicted molar refractivity (Wildman–Crippen MR) is 119 cm³/mol. The fourth-order valence-electron chi connectivity index (χ4n) is 4.68. The lowest BCUT2D eigenvalue weighted by Crippen LogP contribution is -3.10. The standard InChI is InChI=1S/C22H27N3O6S/c1-5-24-20(27)17(21(28)25(6-2)22(24)32)14(26)10-13-16-12(7-8-23(13)3)9-15-18(19(16)29-4)31-11-30-15/h9,13,27H,5-8,10-11H2,1-4H3/p+1/t13-/m1/s1. The minimum absolute atomic E-state index is 0.0296. The quantitative estimate of drug-likeness (QED) is 0.493. The number of ketones is 1. The molecule has 0 spiro atoms. The highest BCUT2D eigenvalue weighted by atomic mass is 32.1. The molecule has 1 aromatic carbocycles. The molecule has 2 atom stereocenters. The number of hydrogen-bond donors (Lipinski definition) is 2. The highest BCUT2D eigenvalue weighted by molar-refractivity contribution is 7.71. The second-order valence-electron chi connectivity index (χ2n) is 8.02. The zero-order chi connectivity index (χ0) is 23.2. The Morgan fingerprint density at radius 2 is 2.03 bits per heavy atom. The number of nitrogens with one attached hydrogen (secondary N) is 1. The number of likely N-dealkylation sites (N-methyl/N-ethyl adjacent to an activating group) is 1. The second-order valence-corrected chi connectivity index (χ2v) is 8.38. The lowest BCUT2D eigenvalue weighted by molar-refractivity contribution is -0.913. The van der Waals surface area contributed by atoms with E-state index in [1.54, 1.807) is 21.0 Å². The molecule has 0 saturated heterocycles. The topological polar surface area (TPSA) is 96.4 Å². The number of rotatable bonds is 6. The Labute approximate surface area is 190 Å². The van der Waals surface area contributed by atoms with E-state index in [4.69, 9.17) is 26.4 Å². The first-order valence-corrected chi connectivity index (χ1v) is 11.2. The van der Waals surface area contributed by atoms with Crippen LogP contribution in [0.2, 0.25) is 0 Å². The van der Waals surface area contributed by atoms with E-state index in [0.29, 0.717) is 30.3 Å². The smallest absolute Gasteiger partial charge is 0.269 e. The van der Waals surface area contributed by atoms with Gasteiger partial charge in [-0.25, -0.2) is 0 Å². The minimum atomic E-state index is -0.559. The first-order chi connectivity index (χ1) is 15.3. The lowest BCUT2D eigenvalue weighted by Gasteiger charge is -2.32. The molecule has 0 aliphatic carbocycles. The van der Waals surface area contributed by atoms with Crippen LogP contribution in [0.4, 0.5) is 0 Å². The fraction of sp³-hybridized carbons (Fsp3) is 0.500. The molecule has 32 heavy (non-hydrogen) atoms. The Hall–Kier alpha value is -2.85. The lowest BCUT2D eigenvalue weighted by atomic mass is 9.87. The SMILES string of the molecule is CCn1c(O)c(C(=O)C[C@@H]2c3c(cc4c(c3OC)OCO4)CC[NH+]2C)c(=O)n(CC)c1=S. The number of carbonyl (C=O) groups is 1. The summed E-state index contributed by atoms with van der Waals surface area (Å²) in [6.07, 6.45) is 0.828. The number of quaternary nitrogens is 1. The van der Waals surface area contributed by atoms with Gasteiger partial charge in [-0.15, -0.1) is 0 Å². The Balaban J connectivity index is 1.81. The molecule has 1 unspecified atom stereocenters. The number of nitrogens with zero attached hydrogens (tertiary/aromatic N) is 2. The van der Waals surface area contributed by atoms with Crippen LogP contribution in [0.5, 0.6) is 23.1 Å². The van der Waals surface area contributed by atoms with Gasteiger partial charge in [0.25, 0.3) is 5.56 Å². The molecule has 4 rings (SSSR count). The molecule has 1 aromatic heterocycles. The van der Waals surface area contributed by atoms with E-state index < -0.39 is 11.3 Å². The van der Waals surface area contributed by atoms with E-state index in [0.717, 1.165) is 29.0 Å². The van der Waals surface area contributed by atoms with Crippen molar-refractivity contribution >= 4 is 18.0 Å². The molecule has 0 amide bonds. The third kappa shape index (κ3) is 3.38. The summed E-state index contributed by atoms with van der Waals surface area (Å²) < 4.78 is 19.8. The number of methoxy groups -OCH3 is 1. The van der Waals surface area contributed by atoms with Gasteiger partial charge in [0.2, 0.25) is 18.4 Å². The van der Waals surface area contributed by atoms with Crippen LogP contribution in [0.3, 0.4) is 0 Å². The molecule has 0 bridgehead atoms. The second kappa shape index (κ2) is 8.59. The number of fused-ring (bicyclic) bond motifs is 2. The van der Waals surface area contributed by atoms with Crippen LogP contribution < -0.4 is 24.7 Å². The number of carbonyl (C=O) groups excluding carboxylic acids is 1. The van der Waals surface area contributed by atoms with Gasteiger partial charge in [0, 0.05) is 19.5 Å². The molecule has 0 radical (unpaired) electrons. The van der Waals surface area contributed by atoms with Crippen molar-refractivity contribution in [2.75, 3.05) is 27.5 Å². The molecule has 3 heterocycles. The molecule has 172 valence electrons. The minimum Gasteiger partial charge on any atom is -0.494 e. The zero-order valence-corrected chi connectivity index (χ0v) is 19.5. The number of ether oxygens (including phenoxy) is 3. The summed E-state index contributed by atoms with van der Waals surface area (Å²) in [5, 5.41) is 10.8. The van der Waals surface area contributed by atoms with Crippen LogP contribution in [0.25, 0.3) is 0 Å². The van der Waals surface area contributed by atoms with E-state index in [9.17, 15) is 14.7 Å². The maximum atomic E-state index is 13.5. The Morgan fingerprint density at radius 3 is 2.69 bits per heavy atom. The number of aromatic nitrogens is 2. The Morgan fingerprint density at radius 1 is 1.31 bits per heavy atom. The first-order valence-electron chi connectivity index (χ1n) is 10.7. The molecule has 2 aliphatic rings. The number of aromatic hydroxyl groups is 1. The fourth-order valence-corrected chi connectivity index (χ4v) is 5.11. The van der Waals surface area contributed by atoms with Crippen LogP contribution in [0, 0.1) is 4.77 Å². The van der Waals surface area contributed by atoms with Crippen molar-refractivity contribution in [3.8, 4) is 23.1 Å². The molecule has 0 fully saturated rings. The Bertz CT molecular complexity index is 1200. The number of Topliss-reactive ketones (excluding diaryl/α,β-unsaturated/α-hetero) is 1. The van der Waals surface area contributed by atoms with Gasteiger partial charge in [0.05, 0.1) is 32.7 Å². The van der Waals surface area contributed by atoms with E-state index >= 15 is 0 Å². The van der Waals surface area contributed by atoms with Gasteiger partial charge in [-0.3, -0.25) is 18.7 Å². The zero-order valence-electron chi connectivity index (χ0n) is 18.7. The van der Waals surface area contributed by atoms with Crippen molar-refractivity contribution < 1.29 is 29.0 Å². The predicted octanol–water partition coefficient (Wildman–Crippen LogP) is 1.25. The van der Waals surface area contributed by atoms with Crippen LogP contribution in [0.15, 0.2) is 10.9 Å². The van der Waals surface area contributed by atoms with Gasteiger partial charge >= 0.3 is 0 Å². The highest BCUT2D eigenvalue weighted by Gasteiger charge is 2.38. The maximum Gasteiger partial charge on any atom is 0.269 e. The summed E-state index contributed by atoms with van der Waals surface area (Å²) in [5.74, 6) is 0.937. The summed E-state index contributed by atoms with van der Waals surface area (Å²) in [7, 11) is 3.58. The molecule has 2 aromatic rings. The maximum absolute atomic E-state index is 13.5. The molecule has 2 N–H and O–H groups in total. The Kier molecular flexibility index (Phi) is 6.00. The largest absolute Gasteiger partial charge is 0.494 e. The number of benzene rings is 1. The van der Waals surface area contributed by atoms with Gasteiger partial charge in [0.15, 0.2) is 22.1 Å². The third-order valence-electron chi connectivity index (χ3n) is 6.38. The van der Waals surface area contributed by atoms with Crippen molar-refractivity contribution in [2.45, 2.75) is 45.8 Å². The van der Waals surface area contributed by atoms with E-state index in [2.05, 4.69) is 0 Å². The molecule has 10 heteroatoms. The average molecular weight is 463 g/mol. The van der Waals surface area contributed by atoms with Gasteiger partial charge in [-0.05, 0) is 37.7 Å². The monoisotopic (exact) mass is 462 g/mol. The summed E-state index contributed by atoms with van der Waals surface area (Å²) in [6, 6.07) is 1.67. The summed E-state index contributed by atoms with van der Waals surface area (Å²) in [5.41, 5.74) is 1.14. The average Bonchev–Trinajstić information content (AvgIpc) is 3.23. The first kappa shape index (κ1) is 22.3. The van der Waals surface area contributed by atoms with E-state index in [-0.39, 0.29) is 35.5 Å². The van der Waals surface area contributed by atoms with E-state index in [1.165, 1.54) is 9.13 Å². The van der Waals surface area contributed by atoms with Gasteiger partial charge < -0.3 is 24.2 Å². The van der Waals surface area contributed by atoms with Crippen molar-refractivity contribution in [1.29, 1.82) is 0 Å². The van der Waals surface area contributed by atoms with Crippen LogP contribution >= 0.6 is 12.2 Å². The number of hydrogen-bond acceptors (Lipinski definition) is 7. The van der Waals surface area contributed by atoms with Crippen molar-refractivity contribution in [3.63, 3.8) is 0 Å². The molecular formula is C22H28N3O6S+. The van der Waals surface area contributed by atoms with Crippen molar-refractivity contribution in [3.05, 3.63) is 37.9 Å². The molecular weight excluding hydrogens is 434 g/mol. The van der Waals surface area contributed by atoms with Crippen molar-refractivity contribution in [1.82, 2.24) is 9.13 Å². The van der Waals surface area contributed by atoms with Crippen LogP contribution in [-0.4, -0.2) is 47.5 Å². The van der Waals surface area contributed by atoms with Gasteiger partial charge in [-0.2, -0.15) is 0 Å². The summed E-state index contributed by atoms with van der Waals surface area (Å²) in [4.78, 5) is 27.6. The van der Waals surface area contributed by atoms with Crippen LogP contribution in [0.1, 0.15) is 47.8 Å². The molecule has 0 saturated carbocycles. The molecule has 2 aliphatic heterocycles. The van der Waals surface area contributed by atoms with Crippen molar-refractivity contribution in [2.24, 2.45) is 0 Å².